The van der Waals surface area contributed by atoms with Gasteiger partial charge < -0.3 is 10.4 Å². The lowest BCUT2D eigenvalue weighted by Crippen LogP contribution is -2.29. The minimum atomic E-state index is -1.23. The van der Waals surface area contributed by atoms with Crippen molar-refractivity contribution in [1.29, 1.82) is 0 Å². The Kier molecular flexibility index (Phi) is 4.59. The molecule has 2 aromatic rings. The van der Waals surface area contributed by atoms with Crippen LogP contribution >= 0.6 is 0 Å². The molecule has 0 aromatic heterocycles. The number of amides is 1. The van der Waals surface area contributed by atoms with Gasteiger partial charge in [0.2, 0.25) is 0 Å². The van der Waals surface area contributed by atoms with E-state index in [-0.39, 0.29) is 17.7 Å². The van der Waals surface area contributed by atoms with Gasteiger partial charge in [0, 0.05) is 6.54 Å². The summed E-state index contributed by atoms with van der Waals surface area (Å²) < 4.78 is 39.2. The fourth-order valence-electron chi connectivity index (χ4n) is 1.77. The van der Waals surface area contributed by atoms with Crippen molar-refractivity contribution in [3.8, 4) is 0 Å². The summed E-state index contributed by atoms with van der Waals surface area (Å²) >= 11 is 0. The van der Waals surface area contributed by atoms with Crippen LogP contribution in [0.25, 0.3) is 0 Å². The predicted molar refractivity (Wildman–Crippen MR) is 70.1 cm³/mol. The fraction of sp³-hybridized carbons (Fsp3) is 0.133. The highest BCUT2D eigenvalue weighted by Crippen LogP contribution is 2.16. The van der Waals surface area contributed by atoms with Gasteiger partial charge in [0.05, 0.1) is 11.7 Å². The van der Waals surface area contributed by atoms with Gasteiger partial charge in [0.1, 0.15) is 5.82 Å². The number of aliphatic hydroxyl groups is 1. The van der Waals surface area contributed by atoms with Gasteiger partial charge in [-0.05, 0) is 29.8 Å². The normalized spacial score (nSPS) is 12.0. The van der Waals surface area contributed by atoms with Gasteiger partial charge in [0.15, 0.2) is 11.6 Å². The van der Waals surface area contributed by atoms with Crippen LogP contribution in [0.1, 0.15) is 22.0 Å². The third kappa shape index (κ3) is 3.61. The van der Waals surface area contributed by atoms with Crippen molar-refractivity contribution in [2.75, 3.05) is 6.54 Å². The lowest BCUT2D eigenvalue weighted by atomic mass is 10.1. The number of carbonyl (C=O) groups excluding carboxylic acids is 1. The van der Waals surface area contributed by atoms with E-state index in [2.05, 4.69) is 5.32 Å². The number of benzene rings is 2. The van der Waals surface area contributed by atoms with Crippen molar-refractivity contribution >= 4 is 5.91 Å². The van der Waals surface area contributed by atoms with Crippen LogP contribution in [0, 0.1) is 17.5 Å². The molecule has 0 aliphatic rings. The van der Waals surface area contributed by atoms with Gasteiger partial charge in [0.25, 0.3) is 5.91 Å². The van der Waals surface area contributed by atoms with Gasteiger partial charge in [-0.15, -0.1) is 0 Å². The zero-order valence-corrected chi connectivity index (χ0v) is 10.8. The number of aliphatic hydroxyl groups excluding tert-OH is 1. The summed E-state index contributed by atoms with van der Waals surface area (Å²) in [6.07, 6.45) is -1.23. The van der Waals surface area contributed by atoms with Crippen molar-refractivity contribution in [3.63, 3.8) is 0 Å². The molecule has 0 bridgehead atoms. The second kappa shape index (κ2) is 6.41. The molecule has 2 aromatic carbocycles. The molecule has 6 heteroatoms. The Bertz CT molecular complexity index is 661. The summed E-state index contributed by atoms with van der Waals surface area (Å²) in [5.41, 5.74) is -0.0438. The Labute approximate surface area is 119 Å². The van der Waals surface area contributed by atoms with E-state index >= 15 is 0 Å². The number of carbonyl (C=O) groups is 1. The maximum Gasteiger partial charge on any atom is 0.254 e. The summed E-state index contributed by atoms with van der Waals surface area (Å²) in [5, 5.41) is 12.1. The maximum atomic E-state index is 13.4. The molecule has 2 rings (SSSR count). The smallest absolute Gasteiger partial charge is 0.254 e. The van der Waals surface area contributed by atoms with Gasteiger partial charge >= 0.3 is 0 Å². The minimum absolute atomic E-state index is 0.114. The van der Waals surface area contributed by atoms with Crippen LogP contribution in [0.15, 0.2) is 42.5 Å². The number of nitrogens with one attached hydrogen (secondary N) is 1. The van der Waals surface area contributed by atoms with Crippen LogP contribution in [-0.4, -0.2) is 17.6 Å². The van der Waals surface area contributed by atoms with Crippen LogP contribution in [0.2, 0.25) is 0 Å². The van der Waals surface area contributed by atoms with E-state index in [1.165, 1.54) is 24.3 Å². The van der Waals surface area contributed by atoms with Crippen molar-refractivity contribution in [3.05, 3.63) is 71.0 Å². The molecule has 0 aliphatic heterocycles. The molecule has 0 fully saturated rings. The van der Waals surface area contributed by atoms with E-state index < -0.39 is 29.5 Å². The van der Waals surface area contributed by atoms with Crippen LogP contribution in [0.4, 0.5) is 13.2 Å². The first kappa shape index (κ1) is 15.1. The molecule has 3 nitrogen and oxygen atoms in total. The molecule has 1 unspecified atom stereocenters. The summed E-state index contributed by atoms with van der Waals surface area (Å²) in [6.45, 7) is -0.252. The van der Waals surface area contributed by atoms with Crippen molar-refractivity contribution in [2.45, 2.75) is 6.10 Å². The first-order chi connectivity index (χ1) is 9.99. The summed E-state index contributed by atoms with van der Waals surface area (Å²) in [7, 11) is 0. The molecule has 0 saturated heterocycles. The highest BCUT2D eigenvalue weighted by Gasteiger charge is 2.14. The molecule has 1 amide bonds. The van der Waals surface area contributed by atoms with Crippen molar-refractivity contribution in [2.24, 2.45) is 0 Å². The molecule has 0 heterocycles. The molecule has 0 spiro atoms. The average molecular weight is 295 g/mol. The number of hydrogen-bond acceptors (Lipinski definition) is 2. The van der Waals surface area contributed by atoms with Gasteiger partial charge in [-0.1, -0.05) is 18.2 Å². The molecule has 0 saturated carbocycles. The zero-order valence-electron chi connectivity index (χ0n) is 10.8. The first-order valence-electron chi connectivity index (χ1n) is 6.15. The lowest BCUT2D eigenvalue weighted by Gasteiger charge is -2.13. The Morgan fingerprint density at radius 2 is 1.76 bits per heavy atom. The second-order valence-electron chi connectivity index (χ2n) is 4.38. The van der Waals surface area contributed by atoms with E-state index in [1.54, 1.807) is 0 Å². The van der Waals surface area contributed by atoms with Crippen LogP contribution in [0.5, 0.6) is 0 Å². The van der Waals surface area contributed by atoms with E-state index in [4.69, 9.17) is 0 Å². The van der Waals surface area contributed by atoms with Gasteiger partial charge in [-0.2, -0.15) is 0 Å². The fourth-order valence-corrected chi connectivity index (χ4v) is 1.77. The molecule has 21 heavy (non-hydrogen) atoms. The number of halogens is 3. The number of rotatable bonds is 4. The van der Waals surface area contributed by atoms with E-state index in [0.29, 0.717) is 0 Å². The molecule has 110 valence electrons. The topological polar surface area (TPSA) is 49.3 Å². The predicted octanol–water partition coefficient (Wildman–Crippen LogP) is 2.57. The van der Waals surface area contributed by atoms with Crippen LogP contribution in [0.3, 0.4) is 0 Å². The number of hydrogen-bond donors (Lipinski definition) is 2. The van der Waals surface area contributed by atoms with Crippen LogP contribution in [-0.2, 0) is 0 Å². The molecule has 0 aliphatic carbocycles. The van der Waals surface area contributed by atoms with Crippen molar-refractivity contribution < 1.29 is 23.1 Å². The molecular weight excluding hydrogens is 283 g/mol. The van der Waals surface area contributed by atoms with Gasteiger partial charge in [-0.25, -0.2) is 13.2 Å². The molecular formula is C15H12F3NO2. The molecule has 2 N–H and O–H groups in total. The van der Waals surface area contributed by atoms with Crippen LogP contribution < -0.4 is 5.32 Å². The lowest BCUT2D eigenvalue weighted by molar-refractivity contribution is 0.0912. The largest absolute Gasteiger partial charge is 0.387 e. The standard InChI is InChI=1S/C15H12F3NO2/c16-11-4-2-1-3-10(11)15(21)19-8-14(20)9-5-6-12(17)13(18)7-9/h1-7,14,20H,8H2,(H,19,21). The van der Waals surface area contributed by atoms with E-state index in [9.17, 15) is 23.1 Å². The Morgan fingerprint density at radius 3 is 2.43 bits per heavy atom. The van der Waals surface area contributed by atoms with Crippen molar-refractivity contribution in [1.82, 2.24) is 5.32 Å². The summed E-state index contributed by atoms with van der Waals surface area (Å²) in [4.78, 5) is 11.7. The third-order valence-corrected chi connectivity index (χ3v) is 2.90. The average Bonchev–Trinajstić information content (AvgIpc) is 2.47. The SMILES string of the molecule is O=C(NCC(O)c1ccc(F)c(F)c1)c1ccccc1F. The monoisotopic (exact) mass is 295 g/mol. The Balaban J connectivity index is 2.01. The first-order valence-corrected chi connectivity index (χ1v) is 6.15. The maximum absolute atomic E-state index is 13.4. The zero-order chi connectivity index (χ0) is 15.4. The van der Waals surface area contributed by atoms with E-state index in [0.717, 1.165) is 18.2 Å². The van der Waals surface area contributed by atoms with E-state index in [1.807, 2.05) is 0 Å². The second-order valence-corrected chi connectivity index (χ2v) is 4.38. The molecule has 1 atom stereocenters. The third-order valence-electron chi connectivity index (χ3n) is 2.90. The Hall–Kier alpha value is -2.34. The highest BCUT2D eigenvalue weighted by atomic mass is 19.2. The summed E-state index contributed by atoms with van der Waals surface area (Å²) in [6, 6.07) is 8.32. The molecule has 0 radical (unpaired) electrons. The Morgan fingerprint density at radius 1 is 1.05 bits per heavy atom. The van der Waals surface area contributed by atoms with Gasteiger partial charge in [-0.3, -0.25) is 4.79 Å². The summed E-state index contributed by atoms with van der Waals surface area (Å²) in [5.74, 6) is -3.50. The highest BCUT2D eigenvalue weighted by molar-refractivity contribution is 5.94. The quantitative estimate of drug-likeness (QED) is 0.911. The minimum Gasteiger partial charge on any atom is -0.387 e.